The third kappa shape index (κ3) is 67.0. The molecule has 0 saturated carbocycles. The predicted octanol–water partition coefficient (Wildman–Crippen LogP) is 21.3. The Morgan fingerprint density at radius 2 is 0.516 bits per heavy atom. The standard InChI is InChI=1S/C74H144O17P2/c1-9-67(8)53-45-37-29-20-17-18-22-31-40-48-56-73(78)90-70(61-85-72(77)55-47-39-33-25-28-36-44-52-66(6)7)63-89-93(82,83)87-59-68(75)58-86-92(80,81)88-62-69(91-74(79)57-49-41-32-24-23-27-35-43-51-65(4)5)60-84-71(76)54-46-38-30-21-16-14-12-10-11-13-15-19-26-34-42-50-64(2)3/h64-70,75H,9-63H2,1-8H3,(H,80,81)(H,82,83)/t67?,68?,69-,70-/m1/s1. The fraction of sp³-hybridized carbons (Fsp3) is 0.946. The smallest absolute Gasteiger partial charge is 0.462 e. The van der Waals surface area contributed by atoms with Gasteiger partial charge in [-0.05, 0) is 49.4 Å². The van der Waals surface area contributed by atoms with Crippen molar-refractivity contribution in [1.29, 1.82) is 0 Å². The van der Waals surface area contributed by atoms with Crippen LogP contribution in [0.5, 0.6) is 0 Å². The molecule has 0 aliphatic carbocycles. The van der Waals surface area contributed by atoms with Gasteiger partial charge < -0.3 is 33.8 Å². The van der Waals surface area contributed by atoms with Gasteiger partial charge in [0.1, 0.15) is 19.3 Å². The second-order valence-corrected chi connectivity index (χ2v) is 31.3. The van der Waals surface area contributed by atoms with Crippen LogP contribution in [0.25, 0.3) is 0 Å². The van der Waals surface area contributed by atoms with Crippen LogP contribution in [0.2, 0.25) is 0 Å². The van der Waals surface area contributed by atoms with E-state index in [-0.39, 0.29) is 25.7 Å². The molecule has 4 unspecified atom stereocenters. The van der Waals surface area contributed by atoms with Gasteiger partial charge in [-0.2, -0.15) is 0 Å². The van der Waals surface area contributed by atoms with Crippen LogP contribution < -0.4 is 0 Å². The van der Waals surface area contributed by atoms with Crippen molar-refractivity contribution in [3.63, 3.8) is 0 Å². The van der Waals surface area contributed by atoms with E-state index in [1.807, 2.05) is 0 Å². The fourth-order valence-corrected chi connectivity index (χ4v) is 12.7. The van der Waals surface area contributed by atoms with Gasteiger partial charge in [-0.25, -0.2) is 9.13 Å². The van der Waals surface area contributed by atoms with E-state index in [2.05, 4.69) is 55.4 Å². The molecule has 17 nitrogen and oxygen atoms in total. The van der Waals surface area contributed by atoms with Crippen LogP contribution in [0.15, 0.2) is 0 Å². The Morgan fingerprint density at radius 1 is 0.301 bits per heavy atom. The van der Waals surface area contributed by atoms with E-state index in [0.29, 0.717) is 31.6 Å². The van der Waals surface area contributed by atoms with Gasteiger partial charge in [-0.3, -0.25) is 37.3 Å². The number of esters is 4. The van der Waals surface area contributed by atoms with E-state index in [9.17, 15) is 43.2 Å². The number of unbranched alkanes of at least 4 members (excludes halogenated alkanes) is 36. The molecular formula is C74H144O17P2. The first kappa shape index (κ1) is 91.1. The zero-order chi connectivity index (χ0) is 68.9. The molecule has 3 N–H and O–H groups in total. The molecular weight excluding hydrogens is 1220 g/mol. The van der Waals surface area contributed by atoms with Crippen molar-refractivity contribution in [2.45, 2.75) is 388 Å². The van der Waals surface area contributed by atoms with Crippen LogP contribution in [0.4, 0.5) is 0 Å². The van der Waals surface area contributed by atoms with Gasteiger partial charge >= 0.3 is 39.5 Å². The van der Waals surface area contributed by atoms with Crippen molar-refractivity contribution in [2.75, 3.05) is 39.6 Å². The largest absolute Gasteiger partial charge is 0.472 e. The molecule has 0 saturated heterocycles. The number of hydrogen-bond acceptors (Lipinski definition) is 15. The number of hydrogen-bond donors (Lipinski definition) is 3. The van der Waals surface area contributed by atoms with Crippen LogP contribution in [0.3, 0.4) is 0 Å². The zero-order valence-corrected chi connectivity index (χ0v) is 62.7. The normalized spacial score (nSPS) is 14.5. The highest BCUT2D eigenvalue weighted by Gasteiger charge is 2.30. The molecule has 0 amide bonds. The van der Waals surface area contributed by atoms with E-state index < -0.39 is 97.5 Å². The third-order valence-electron chi connectivity index (χ3n) is 17.4. The Hall–Kier alpha value is -1.94. The molecule has 0 aromatic carbocycles. The molecule has 19 heteroatoms. The third-order valence-corrected chi connectivity index (χ3v) is 19.3. The van der Waals surface area contributed by atoms with E-state index in [1.165, 1.54) is 167 Å². The van der Waals surface area contributed by atoms with Crippen LogP contribution in [-0.4, -0.2) is 96.7 Å². The van der Waals surface area contributed by atoms with E-state index in [1.54, 1.807) is 0 Å². The number of carbonyl (C=O) groups excluding carboxylic acids is 4. The summed E-state index contributed by atoms with van der Waals surface area (Å²) >= 11 is 0. The first-order valence-corrected chi connectivity index (χ1v) is 41.2. The highest BCUT2D eigenvalue weighted by molar-refractivity contribution is 7.47. The SMILES string of the molecule is CCC(C)CCCCCCCCCCCCC(=O)O[C@H](COC(=O)CCCCCCCCCC(C)C)COP(=O)(O)OCC(O)COP(=O)(O)OC[C@@H](COC(=O)CCCCCCCCCCCCCCCCCC(C)C)OC(=O)CCCCCCCCCCC(C)C. The quantitative estimate of drug-likeness (QED) is 0.0222. The van der Waals surface area contributed by atoms with Crippen LogP contribution in [0, 0.1) is 23.7 Å². The molecule has 0 aliphatic heterocycles. The summed E-state index contributed by atoms with van der Waals surface area (Å²) in [4.78, 5) is 72.7. The highest BCUT2D eigenvalue weighted by atomic mass is 31.2. The monoisotopic (exact) mass is 1370 g/mol. The average Bonchev–Trinajstić information content (AvgIpc) is 1.44. The van der Waals surface area contributed by atoms with Crippen molar-refractivity contribution in [2.24, 2.45) is 23.7 Å². The fourth-order valence-electron chi connectivity index (χ4n) is 11.2. The topological polar surface area (TPSA) is 237 Å². The van der Waals surface area contributed by atoms with Gasteiger partial charge in [0.2, 0.25) is 0 Å². The van der Waals surface area contributed by atoms with Gasteiger partial charge in [0.05, 0.1) is 26.4 Å². The number of ether oxygens (including phenoxy) is 4. The minimum atomic E-state index is -4.96. The van der Waals surface area contributed by atoms with Gasteiger partial charge in [0.15, 0.2) is 12.2 Å². The minimum absolute atomic E-state index is 0.104. The van der Waals surface area contributed by atoms with Crippen LogP contribution >= 0.6 is 15.6 Å². The lowest BCUT2D eigenvalue weighted by molar-refractivity contribution is -0.161. The van der Waals surface area contributed by atoms with Gasteiger partial charge in [-0.1, -0.05) is 319 Å². The van der Waals surface area contributed by atoms with Gasteiger partial charge in [0.25, 0.3) is 0 Å². The number of phosphoric acid groups is 2. The maximum Gasteiger partial charge on any atom is 0.472 e. The molecule has 0 heterocycles. The summed E-state index contributed by atoms with van der Waals surface area (Å²) in [6.45, 7) is 14.1. The summed E-state index contributed by atoms with van der Waals surface area (Å²) in [6, 6.07) is 0. The summed E-state index contributed by atoms with van der Waals surface area (Å²) in [5.41, 5.74) is 0. The summed E-state index contributed by atoms with van der Waals surface area (Å²) in [5.74, 6) is 0.906. The molecule has 6 atom stereocenters. The summed E-state index contributed by atoms with van der Waals surface area (Å²) in [7, 11) is -9.91. The van der Waals surface area contributed by atoms with E-state index >= 15 is 0 Å². The number of carbonyl (C=O) groups is 4. The van der Waals surface area contributed by atoms with Gasteiger partial charge in [-0.15, -0.1) is 0 Å². The molecule has 552 valence electrons. The van der Waals surface area contributed by atoms with E-state index in [4.69, 9.17) is 37.0 Å². The summed E-state index contributed by atoms with van der Waals surface area (Å²) in [5, 5.41) is 10.6. The zero-order valence-electron chi connectivity index (χ0n) is 60.9. The van der Waals surface area contributed by atoms with Crippen LogP contribution in [0.1, 0.15) is 370 Å². The Balaban J connectivity index is 5.21. The number of phosphoric ester groups is 2. The molecule has 93 heavy (non-hydrogen) atoms. The molecule has 0 bridgehead atoms. The first-order valence-electron chi connectivity index (χ1n) is 38.2. The van der Waals surface area contributed by atoms with Crippen LogP contribution in [-0.2, 0) is 65.4 Å². The molecule has 0 aromatic rings. The second-order valence-electron chi connectivity index (χ2n) is 28.4. The second kappa shape index (κ2) is 63.5. The molecule has 0 aromatic heterocycles. The summed E-state index contributed by atoms with van der Waals surface area (Å²) in [6.07, 6.45) is 47.3. The molecule has 0 spiro atoms. The van der Waals surface area contributed by atoms with Crippen molar-refractivity contribution >= 4 is 39.5 Å². The Labute approximate surface area is 568 Å². The molecule has 0 rings (SSSR count). The Kier molecular flexibility index (Phi) is 62.2. The first-order chi connectivity index (χ1) is 44.6. The molecule has 0 radical (unpaired) electrons. The Bertz CT molecular complexity index is 1840. The maximum atomic E-state index is 13.0. The lowest BCUT2D eigenvalue weighted by atomic mass is 9.99. The predicted molar refractivity (Wildman–Crippen MR) is 377 cm³/mol. The summed E-state index contributed by atoms with van der Waals surface area (Å²) < 4.78 is 68.4. The lowest BCUT2D eigenvalue weighted by Crippen LogP contribution is -2.30. The van der Waals surface area contributed by atoms with Crippen molar-refractivity contribution < 1.29 is 80.2 Å². The number of aliphatic hydroxyl groups excluding tert-OH is 1. The Morgan fingerprint density at radius 3 is 0.763 bits per heavy atom. The number of rotatable bonds is 71. The maximum absolute atomic E-state index is 13.0. The van der Waals surface area contributed by atoms with Crippen molar-refractivity contribution in [3.8, 4) is 0 Å². The molecule has 0 fully saturated rings. The van der Waals surface area contributed by atoms with E-state index in [0.717, 1.165) is 114 Å². The number of aliphatic hydroxyl groups is 1. The van der Waals surface area contributed by atoms with Crippen molar-refractivity contribution in [1.82, 2.24) is 0 Å². The van der Waals surface area contributed by atoms with Crippen molar-refractivity contribution in [3.05, 3.63) is 0 Å². The lowest BCUT2D eigenvalue weighted by Gasteiger charge is -2.21. The minimum Gasteiger partial charge on any atom is -0.462 e. The molecule has 0 aliphatic rings. The van der Waals surface area contributed by atoms with Gasteiger partial charge in [0, 0.05) is 25.7 Å². The highest BCUT2D eigenvalue weighted by Crippen LogP contribution is 2.45. The average molecular weight is 1370 g/mol.